The van der Waals surface area contributed by atoms with E-state index in [1.54, 1.807) is 0 Å². The Morgan fingerprint density at radius 3 is 1.95 bits per heavy atom. The van der Waals surface area contributed by atoms with Crippen LogP contribution in [0.5, 0.6) is 0 Å². The molecule has 198 valence electrons. The second-order valence-electron chi connectivity index (χ2n) is 10.6. The van der Waals surface area contributed by atoms with E-state index in [9.17, 15) is 0 Å². The molecule has 0 radical (unpaired) electrons. The molecule has 2 nitrogen and oxygen atoms in total. The van der Waals surface area contributed by atoms with Gasteiger partial charge in [0.1, 0.15) is 11.2 Å². The summed E-state index contributed by atoms with van der Waals surface area (Å²) < 4.78 is 6.13. The molecule has 0 spiro atoms. The number of nitrogens with zero attached hydrogens (tertiary/aromatic N) is 1. The minimum absolute atomic E-state index is 0.903. The average molecular weight is 538 g/mol. The highest BCUT2D eigenvalue weighted by molar-refractivity contribution is 6.07. The highest BCUT2D eigenvalue weighted by atomic mass is 16.3. The van der Waals surface area contributed by atoms with E-state index in [2.05, 4.69) is 157 Å². The second-order valence-corrected chi connectivity index (χ2v) is 10.6. The zero-order valence-corrected chi connectivity index (χ0v) is 22.9. The lowest BCUT2D eigenvalue weighted by Gasteiger charge is -2.28. The van der Waals surface area contributed by atoms with Crippen LogP contribution in [0.3, 0.4) is 0 Å². The highest BCUT2D eigenvalue weighted by Gasteiger charge is 2.18. The maximum atomic E-state index is 6.13. The minimum Gasteiger partial charge on any atom is -0.456 e. The molecule has 2 heteroatoms. The summed E-state index contributed by atoms with van der Waals surface area (Å²) in [5, 5.41) is 4.76. The number of rotatable bonds is 5. The maximum Gasteiger partial charge on any atom is 0.135 e. The molecule has 0 aliphatic heterocycles. The molecule has 1 aromatic heterocycles. The summed E-state index contributed by atoms with van der Waals surface area (Å²) in [5.74, 6) is 0. The fourth-order valence-electron chi connectivity index (χ4n) is 6.10. The molecular formula is C40H27NO. The van der Waals surface area contributed by atoms with Crippen molar-refractivity contribution in [1.29, 1.82) is 0 Å². The fourth-order valence-corrected chi connectivity index (χ4v) is 6.10. The summed E-state index contributed by atoms with van der Waals surface area (Å²) in [6.07, 6.45) is 0. The van der Waals surface area contributed by atoms with Crippen LogP contribution in [0.1, 0.15) is 0 Å². The van der Waals surface area contributed by atoms with Crippen LogP contribution < -0.4 is 4.90 Å². The molecule has 0 aliphatic rings. The molecule has 0 saturated heterocycles. The molecule has 0 saturated carbocycles. The summed E-state index contributed by atoms with van der Waals surface area (Å²) in [4.78, 5) is 2.36. The number of benzene rings is 7. The molecule has 42 heavy (non-hydrogen) atoms. The van der Waals surface area contributed by atoms with Gasteiger partial charge in [0.25, 0.3) is 0 Å². The molecule has 8 aromatic rings. The molecule has 0 unspecified atom stereocenters. The first kappa shape index (κ1) is 24.2. The number of furan rings is 1. The summed E-state index contributed by atoms with van der Waals surface area (Å²) >= 11 is 0. The number of hydrogen-bond donors (Lipinski definition) is 0. The first-order valence-electron chi connectivity index (χ1n) is 14.3. The van der Waals surface area contributed by atoms with Crippen molar-refractivity contribution in [2.75, 3.05) is 4.90 Å². The van der Waals surface area contributed by atoms with Crippen LogP contribution in [0.15, 0.2) is 168 Å². The van der Waals surface area contributed by atoms with Crippen molar-refractivity contribution < 1.29 is 4.42 Å². The van der Waals surface area contributed by atoms with E-state index in [0.29, 0.717) is 0 Å². The monoisotopic (exact) mass is 537 g/mol. The van der Waals surface area contributed by atoms with Crippen LogP contribution in [0.25, 0.3) is 55.0 Å². The van der Waals surface area contributed by atoms with E-state index < -0.39 is 0 Å². The van der Waals surface area contributed by atoms with Crippen molar-refractivity contribution in [3.05, 3.63) is 164 Å². The molecule has 8 rings (SSSR count). The lowest BCUT2D eigenvalue weighted by molar-refractivity contribution is 0.669. The van der Waals surface area contributed by atoms with E-state index in [1.165, 1.54) is 21.9 Å². The Morgan fingerprint density at radius 1 is 0.381 bits per heavy atom. The second kappa shape index (κ2) is 10.1. The van der Waals surface area contributed by atoms with Gasteiger partial charge in [0.15, 0.2) is 0 Å². The van der Waals surface area contributed by atoms with Gasteiger partial charge in [0, 0.05) is 27.7 Å². The summed E-state index contributed by atoms with van der Waals surface area (Å²) in [6, 6.07) is 58.0. The largest absolute Gasteiger partial charge is 0.456 e. The average Bonchev–Trinajstić information content (AvgIpc) is 3.44. The molecule has 0 amide bonds. The third kappa shape index (κ3) is 4.13. The van der Waals surface area contributed by atoms with Crippen molar-refractivity contribution in [3.63, 3.8) is 0 Å². The minimum atomic E-state index is 0.903. The number of anilines is 3. The molecular weight excluding hydrogens is 510 g/mol. The standard InChI is InChI=1S/C40H27NO/c1-2-15-31(16-3-1)41(32-17-10-14-29(26-32)34-21-11-13-28-12-4-5-18-33(28)34)38-22-8-6-19-35(38)30-24-25-40-37(27-30)36-20-7-9-23-39(36)42-40/h1-27H. The predicted molar refractivity (Wildman–Crippen MR) is 177 cm³/mol. The van der Waals surface area contributed by atoms with Crippen LogP contribution in [-0.2, 0) is 0 Å². The molecule has 0 N–H and O–H groups in total. The van der Waals surface area contributed by atoms with Crippen molar-refractivity contribution in [3.8, 4) is 22.3 Å². The lowest BCUT2D eigenvalue weighted by Crippen LogP contribution is -2.11. The summed E-state index contributed by atoms with van der Waals surface area (Å²) in [6.45, 7) is 0. The van der Waals surface area contributed by atoms with Gasteiger partial charge >= 0.3 is 0 Å². The van der Waals surface area contributed by atoms with Gasteiger partial charge < -0.3 is 9.32 Å². The quantitative estimate of drug-likeness (QED) is 0.217. The van der Waals surface area contributed by atoms with Crippen molar-refractivity contribution in [2.24, 2.45) is 0 Å². The third-order valence-corrected chi connectivity index (χ3v) is 8.05. The summed E-state index contributed by atoms with van der Waals surface area (Å²) in [7, 11) is 0. The number of hydrogen-bond acceptors (Lipinski definition) is 2. The van der Waals surface area contributed by atoms with Gasteiger partial charge in [0.05, 0.1) is 5.69 Å². The van der Waals surface area contributed by atoms with Gasteiger partial charge in [-0.05, 0) is 76.0 Å². The fraction of sp³-hybridized carbons (Fsp3) is 0. The Hall–Kier alpha value is -5.60. The topological polar surface area (TPSA) is 16.4 Å². The van der Waals surface area contributed by atoms with Gasteiger partial charge in [0.2, 0.25) is 0 Å². The number of para-hydroxylation sites is 3. The molecule has 0 fully saturated rings. The van der Waals surface area contributed by atoms with Crippen LogP contribution in [0, 0.1) is 0 Å². The van der Waals surface area contributed by atoms with Gasteiger partial charge in [-0.15, -0.1) is 0 Å². The van der Waals surface area contributed by atoms with Crippen molar-refractivity contribution in [1.82, 2.24) is 0 Å². The highest BCUT2D eigenvalue weighted by Crippen LogP contribution is 2.43. The van der Waals surface area contributed by atoms with E-state index in [-0.39, 0.29) is 0 Å². The van der Waals surface area contributed by atoms with Gasteiger partial charge in [-0.1, -0.05) is 115 Å². The van der Waals surface area contributed by atoms with Crippen LogP contribution in [0.4, 0.5) is 17.1 Å². The van der Waals surface area contributed by atoms with Crippen molar-refractivity contribution >= 4 is 49.8 Å². The Bertz CT molecular complexity index is 2200. The zero-order valence-electron chi connectivity index (χ0n) is 22.9. The van der Waals surface area contributed by atoms with Crippen LogP contribution >= 0.6 is 0 Å². The molecule has 0 aliphatic carbocycles. The Morgan fingerprint density at radius 2 is 1.02 bits per heavy atom. The molecule has 7 aromatic carbocycles. The zero-order chi connectivity index (χ0) is 27.9. The Labute approximate surface area is 244 Å². The Balaban J connectivity index is 1.32. The van der Waals surface area contributed by atoms with Crippen LogP contribution in [-0.4, -0.2) is 0 Å². The van der Waals surface area contributed by atoms with Gasteiger partial charge in [-0.3, -0.25) is 0 Å². The Kier molecular flexibility index (Phi) is 5.82. The van der Waals surface area contributed by atoms with Crippen LogP contribution in [0.2, 0.25) is 0 Å². The third-order valence-electron chi connectivity index (χ3n) is 8.05. The number of fused-ring (bicyclic) bond motifs is 4. The van der Waals surface area contributed by atoms with E-state index in [4.69, 9.17) is 4.42 Å². The first-order chi connectivity index (χ1) is 20.8. The predicted octanol–water partition coefficient (Wildman–Crippen LogP) is 11.5. The lowest BCUT2D eigenvalue weighted by atomic mass is 9.97. The molecule has 1 heterocycles. The smallest absolute Gasteiger partial charge is 0.135 e. The molecule has 0 bridgehead atoms. The van der Waals surface area contributed by atoms with E-state index in [0.717, 1.165) is 50.1 Å². The summed E-state index contributed by atoms with van der Waals surface area (Å²) in [5.41, 5.74) is 9.87. The van der Waals surface area contributed by atoms with Crippen molar-refractivity contribution in [2.45, 2.75) is 0 Å². The van der Waals surface area contributed by atoms with Gasteiger partial charge in [-0.25, -0.2) is 0 Å². The molecule has 0 atom stereocenters. The van der Waals surface area contributed by atoms with Gasteiger partial charge in [-0.2, -0.15) is 0 Å². The maximum absolute atomic E-state index is 6.13. The van der Waals surface area contributed by atoms with E-state index in [1.807, 2.05) is 12.1 Å². The first-order valence-corrected chi connectivity index (χ1v) is 14.3. The van der Waals surface area contributed by atoms with E-state index >= 15 is 0 Å². The SMILES string of the molecule is c1ccc(N(c2cccc(-c3cccc4ccccc34)c2)c2ccccc2-c2ccc3oc4ccccc4c3c2)cc1. The normalized spacial score (nSPS) is 11.3.